The maximum Gasteiger partial charge on any atom is 0.265 e. The highest BCUT2D eigenvalue weighted by atomic mass is 32.2. The van der Waals surface area contributed by atoms with Crippen LogP contribution in [-0.4, -0.2) is 70.1 Å². The summed E-state index contributed by atoms with van der Waals surface area (Å²) in [7, 11) is -3.69. The Labute approximate surface area is 194 Å². The average Bonchev–Trinajstić information content (AvgIpc) is 3.39. The molecule has 1 saturated heterocycles. The molecule has 0 unspecified atom stereocenters. The fourth-order valence-electron chi connectivity index (χ4n) is 3.82. The van der Waals surface area contributed by atoms with Crippen LogP contribution >= 0.6 is 0 Å². The smallest absolute Gasteiger partial charge is 0.265 e. The minimum absolute atomic E-state index is 0.0959. The maximum atomic E-state index is 13.3. The molecule has 5 rings (SSSR count). The average molecular weight is 481 g/mol. The van der Waals surface area contributed by atoms with Gasteiger partial charge >= 0.3 is 0 Å². The van der Waals surface area contributed by atoms with E-state index >= 15 is 0 Å². The van der Waals surface area contributed by atoms with E-state index in [1.807, 2.05) is 0 Å². The van der Waals surface area contributed by atoms with Gasteiger partial charge in [0.1, 0.15) is 6.33 Å². The lowest BCUT2D eigenvalue weighted by molar-refractivity contribution is 0.0730. The number of aromatic amines is 1. The maximum absolute atomic E-state index is 13.3. The van der Waals surface area contributed by atoms with Crippen molar-refractivity contribution in [3.63, 3.8) is 0 Å². The van der Waals surface area contributed by atoms with Crippen LogP contribution < -0.4 is 5.56 Å². The number of hydrogen-bond acceptors (Lipinski definition) is 8. The molecule has 34 heavy (non-hydrogen) atoms. The Morgan fingerprint density at radius 2 is 1.76 bits per heavy atom. The van der Waals surface area contributed by atoms with Crippen LogP contribution in [0.4, 0.5) is 5.95 Å². The number of sulfonamides is 1. The molecular formula is C22H20N6O5S. The Hall–Kier alpha value is -3.87. The summed E-state index contributed by atoms with van der Waals surface area (Å²) in [6.07, 6.45) is 2.70. The molecule has 11 nitrogen and oxygen atoms in total. The number of pyridine rings is 1. The quantitative estimate of drug-likeness (QED) is 0.413. The lowest BCUT2D eigenvalue weighted by Crippen LogP contribution is -2.40. The number of nitrogens with zero attached hydrogens (tertiary/aromatic N) is 5. The van der Waals surface area contributed by atoms with Crippen LogP contribution in [-0.2, 0) is 14.8 Å². The third-order valence-corrected chi connectivity index (χ3v) is 7.44. The number of fused-ring (bicyclic) bond motifs is 1. The third kappa shape index (κ3) is 3.87. The summed E-state index contributed by atoms with van der Waals surface area (Å²) < 4.78 is 33.5. The number of nitrogens with one attached hydrogen (secondary N) is 1. The van der Waals surface area contributed by atoms with Gasteiger partial charge in [-0.1, -0.05) is 18.2 Å². The first-order valence-corrected chi connectivity index (χ1v) is 11.9. The zero-order valence-electron chi connectivity index (χ0n) is 17.8. The third-order valence-electron chi connectivity index (χ3n) is 5.52. The second-order valence-corrected chi connectivity index (χ2v) is 9.44. The van der Waals surface area contributed by atoms with Crippen molar-refractivity contribution in [1.29, 1.82) is 0 Å². The normalized spacial score (nSPS) is 15.3. The van der Waals surface area contributed by atoms with E-state index in [9.17, 15) is 18.3 Å². The zero-order valence-corrected chi connectivity index (χ0v) is 18.6. The Bertz CT molecular complexity index is 1520. The number of hydrogen-bond donors (Lipinski definition) is 2. The van der Waals surface area contributed by atoms with Gasteiger partial charge in [0.2, 0.25) is 21.9 Å². The predicted molar refractivity (Wildman–Crippen MR) is 124 cm³/mol. The molecule has 2 N–H and O–H groups in total. The fraction of sp³-hybridized carbons (Fsp3) is 0.182. The number of ether oxygens (including phenoxy) is 1. The van der Waals surface area contributed by atoms with Gasteiger partial charge in [-0.3, -0.25) is 4.79 Å². The molecule has 1 aliphatic heterocycles. The minimum atomic E-state index is -3.69. The second-order valence-electron chi connectivity index (χ2n) is 7.50. The van der Waals surface area contributed by atoms with Crippen LogP contribution in [0, 0.1) is 0 Å². The molecule has 1 aliphatic rings. The summed E-state index contributed by atoms with van der Waals surface area (Å²) in [6, 6.07) is 12.6. The van der Waals surface area contributed by atoms with E-state index in [1.54, 1.807) is 24.3 Å². The molecule has 0 aliphatic carbocycles. The van der Waals surface area contributed by atoms with E-state index in [4.69, 9.17) is 4.74 Å². The monoisotopic (exact) mass is 480 g/mol. The highest BCUT2D eigenvalue weighted by Gasteiger charge is 2.26. The topological polar surface area (TPSA) is 143 Å². The SMILES string of the molecule is O=c1c2ccccc2c(/C=N/c2ncn[nH]2)c(O)n1-c1ccc(S(=O)(=O)N2CCOCC2)cc1. The van der Waals surface area contributed by atoms with Gasteiger partial charge in [-0.05, 0) is 30.3 Å². The van der Waals surface area contributed by atoms with E-state index in [1.165, 1.54) is 41.1 Å². The van der Waals surface area contributed by atoms with Crippen LogP contribution in [0.1, 0.15) is 5.56 Å². The fourth-order valence-corrected chi connectivity index (χ4v) is 5.23. The van der Waals surface area contributed by atoms with Crippen molar-refractivity contribution in [1.82, 2.24) is 24.1 Å². The van der Waals surface area contributed by atoms with Crippen molar-refractivity contribution >= 4 is 33.0 Å². The van der Waals surface area contributed by atoms with Gasteiger partial charge in [-0.2, -0.15) is 14.4 Å². The molecule has 174 valence electrons. The minimum Gasteiger partial charge on any atom is -0.494 e. The van der Waals surface area contributed by atoms with Crippen molar-refractivity contribution in [2.45, 2.75) is 4.90 Å². The highest BCUT2D eigenvalue weighted by Crippen LogP contribution is 2.27. The Morgan fingerprint density at radius 1 is 1.06 bits per heavy atom. The standard InChI is InChI=1S/C22H20N6O5S/c29-20-18-4-2-1-3-17(18)19(13-23-22-24-14-25-26-22)21(30)28(20)15-5-7-16(8-6-15)34(31,32)27-9-11-33-12-10-27/h1-8,13-14,30H,9-12H2,(H,24,25,26)/b23-13+. The summed E-state index contributed by atoms with van der Waals surface area (Å²) >= 11 is 0. The van der Waals surface area contributed by atoms with E-state index in [2.05, 4.69) is 20.2 Å². The Kier molecular flexibility index (Phi) is 5.69. The van der Waals surface area contributed by atoms with Crippen LogP contribution in [0.3, 0.4) is 0 Å². The van der Waals surface area contributed by atoms with Gasteiger partial charge in [-0.15, -0.1) is 0 Å². The molecule has 2 aromatic carbocycles. The van der Waals surface area contributed by atoms with Crippen LogP contribution in [0.15, 0.2) is 69.5 Å². The molecule has 0 bridgehead atoms. The highest BCUT2D eigenvalue weighted by molar-refractivity contribution is 7.89. The van der Waals surface area contributed by atoms with Gasteiger partial charge < -0.3 is 9.84 Å². The van der Waals surface area contributed by atoms with E-state index in [0.29, 0.717) is 35.2 Å². The first kappa shape index (κ1) is 21.9. The van der Waals surface area contributed by atoms with Crippen molar-refractivity contribution in [2.24, 2.45) is 4.99 Å². The van der Waals surface area contributed by atoms with Gasteiger partial charge in [0.05, 0.1) is 29.4 Å². The molecule has 3 heterocycles. The van der Waals surface area contributed by atoms with Crippen LogP contribution in [0.2, 0.25) is 0 Å². The van der Waals surface area contributed by atoms with Crippen molar-refractivity contribution in [3.8, 4) is 11.6 Å². The summed E-state index contributed by atoms with van der Waals surface area (Å²) in [4.78, 5) is 21.5. The number of rotatable bonds is 5. The molecule has 4 aromatic rings. The molecule has 0 spiro atoms. The Balaban J connectivity index is 1.60. The summed E-state index contributed by atoms with van der Waals surface area (Å²) in [5.41, 5.74) is 0.161. The molecule has 0 radical (unpaired) electrons. The predicted octanol–water partition coefficient (Wildman–Crippen LogP) is 1.59. The number of aromatic nitrogens is 4. The van der Waals surface area contributed by atoms with Crippen molar-refractivity contribution in [3.05, 3.63) is 70.8 Å². The van der Waals surface area contributed by atoms with Crippen LogP contribution in [0.5, 0.6) is 5.88 Å². The molecular weight excluding hydrogens is 460 g/mol. The van der Waals surface area contributed by atoms with E-state index in [-0.39, 0.29) is 29.8 Å². The zero-order chi connectivity index (χ0) is 23.7. The number of morpholine rings is 1. The molecule has 2 aromatic heterocycles. The van der Waals surface area contributed by atoms with Gasteiger partial charge in [0.15, 0.2) is 0 Å². The molecule has 0 amide bonds. The summed E-state index contributed by atoms with van der Waals surface area (Å²) in [5.74, 6) is -0.102. The molecule has 0 atom stereocenters. The lowest BCUT2D eigenvalue weighted by atomic mass is 10.1. The molecule has 1 fully saturated rings. The van der Waals surface area contributed by atoms with Gasteiger partial charge in [0.25, 0.3) is 5.56 Å². The van der Waals surface area contributed by atoms with Gasteiger partial charge in [-0.25, -0.2) is 23.1 Å². The van der Waals surface area contributed by atoms with Crippen LogP contribution in [0.25, 0.3) is 16.5 Å². The van der Waals surface area contributed by atoms with Crippen molar-refractivity contribution in [2.75, 3.05) is 26.3 Å². The number of benzene rings is 2. The number of aromatic hydroxyl groups is 1. The first-order valence-electron chi connectivity index (χ1n) is 10.4. The summed E-state index contributed by atoms with van der Waals surface area (Å²) in [5, 5.41) is 18.3. The first-order chi connectivity index (χ1) is 16.5. The van der Waals surface area contributed by atoms with E-state index in [0.717, 1.165) is 4.57 Å². The lowest BCUT2D eigenvalue weighted by Gasteiger charge is -2.26. The largest absolute Gasteiger partial charge is 0.494 e. The van der Waals surface area contributed by atoms with Crippen molar-refractivity contribution < 1.29 is 18.3 Å². The number of H-pyrrole nitrogens is 1. The Morgan fingerprint density at radius 3 is 2.44 bits per heavy atom. The van der Waals surface area contributed by atoms with E-state index < -0.39 is 15.6 Å². The molecule has 12 heteroatoms. The second kappa shape index (κ2) is 8.82. The number of aliphatic imine (C=N–C) groups is 1. The molecule has 0 saturated carbocycles. The van der Waals surface area contributed by atoms with Gasteiger partial charge in [0, 0.05) is 30.1 Å². The summed E-state index contributed by atoms with van der Waals surface area (Å²) in [6.45, 7) is 1.25.